The number of hydrogen-bond donors (Lipinski definition) is 3. The van der Waals surface area contributed by atoms with Crippen molar-refractivity contribution < 1.29 is 4.39 Å². The first kappa shape index (κ1) is 18.7. The summed E-state index contributed by atoms with van der Waals surface area (Å²) >= 11 is 1.56. The normalized spacial score (nSPS) is 15.4. The molecule has 0 radical (unpaired) electrons. The predicted molar refractivity (Wildman–Crippen MR) is 105 cm³/mol. The minimum absolute atomic E-state index is 0.178. The number of nitrogens with one attached hydrogen (secondary N) is 1. The summed E-state index contributed by atoms with van der Waals surface area (Å²) in [7, 11) is 0. The Labute approximate surface area is 161 Å². The Balaban J connectivity index is 1.78. The molecule has 2 aromatic rings. The maximum Gasteiger partial charge on any atom is 0.187 e. The summed E-state index contributed by atoms with van der Waals surface area (Å²) in [4.78, 5) is 7.85. The number of nitrogens with zero attached hydrogens (tertiary/aromatic N) is 3. The van der Waals surface area contributed by atoms with Crippen LogP contribution in [0.4, 0.5) is 15.2 Å². The van der Waals surface area contributed by atoms with E-state index in [-0.39, 0.29) is 11.5 Å². The van der Waals surface area contributed by atoms with E-state index in [4.69, 9.17) is 16.7 Å². The van der Waals surface area contributed by atoms with Gasteiger partial charge < -0.3 is 21.7 Å². The minimum Gasteiger partial charge on any atom is -0.390 e. The molecule has 0 bridgehead atoms. The Hall–Kier alpha value is -3.05. The zero-order valence-corrected chi connectivity index (χ0v) is 16.0. The highest BCUT2D eigenvalue weighted by Gasteiger charge is 2.22. The third-order valence-electron chi connectivity index (χ3n) is 4.64. The van der Waals surface area contributed by atoms with Gasteiger partial charge in [0.15, 0.2) is 5.13 Å². The molecule has 0 unspecified atom stereocenters. The average Bonchev–Trinajstić information content (AvgIpc) is 3.08. The van der Waals surface area contributed by atoms with Crippen LogP contribution in [-0.4, -0.2) is 16.4 Å². The van der Waals surface area contributed by atoms with Crippen LogP contribution in [0.5, 0.6) is 0 Å². The Kier molecular flexibility index (Phi) is 5.33. The summed E-state index contributed by atoms with van der Waals surface area (Å²) in [6.45, 7) is 5.07. The molecule has 1 aliphatic heterocycles. The van der Waals surface area contributed by atoms with E-state index in [0.29, 0.717) is 17.9 Å². The van der Waals surface area contributed by atoms with E-state index >= 15 is 0 Å². The van der Waals surface area contributed by atoms with Crippen molar-refractivity contribution in [2.75, 3.05) is 11.9 Å². The van der Waals surface area contributed by atoms with Crippen molar-refractivity contribution in [1.29, 1.82) is 5.26 Å². The van der Waals surface area contributed by atoms with Crippen LogP contribution < -0.4 is 16.8 Å². The van der Waals surface area contributed by atoms with Crippen molar-refractivity contribution in [3.05, 3.63) is 63.3 Å². The topological polar surface area (TPSA) is 104 Å². The summed E-state index contributed by atoms with van der Waals surface area (Å²) in [5, 5.41) is 13.0. The van der Waals surface area contributed by atoms with Crippen molar-refractivity contribution in [3.8, 4) is 6.07 Å². The molecule has 1 aliphatic rings. The largest absolute Gasteiger partial charge is 0.390 e. The van der Waals surface area contributed by atoms with Crippen LogP contribution in [0.2, 0.25) is 0 Å². The molecule has 0 fully saturated rings. The van der Waals surface area contributed by atoms with Crippen LogP contribution in [0.15, 0.2) is 46.9 Å². The van der Waals surface area contributed by atoms with Crippen LogP contribution in [0.3, 0.4) is 0 Å². The predicted octanol–water partition coefficient (Wildman–Crippen LogP) is 3.33. The molecule has 6 nitrogen and oxygen atoms in total. The first-order chi connectivity index (χ1) is 12.9. The molecular formula is C19H21FN6S. The van der Waals surface area contributed by atoms with Gasteiger partial charge in [-0.05, 0) is 49.3 Å². The van der Waals surface area contributed by atoms with E-state index in [1.54, 1.807) is 30.4 Å². The third-order valence-corrected chi connectivity index (χ3v) is 5.64. The van der Waals surface area contributed by atoms with Gasteiger partial charge in [0.1, 0.15) is 23.4 Å². The van der Waals surface area contributed by atoms with Crippen molar-refractivity contribution >= 4 is 22.2 Å². The van der Waals surface area contributed by atoms with Gasteiger partial charge in [0, 0.05) is 23.5 Å². The van der Waals surface area contributed by atoms with E-state index in [0.717, 1.165) is 39.9 Å². The van der Waals surface area contributed by atoms with Crippen LogP contribution in [0.25, 0.3) is 0 Å². The third kappa shape index (κ3) is 4.04. The molecule has 0 atom stereocenters. The van der Waals surface area contributed by atoms with E-state index in [1.807, 2.05) is 13.0 Å². The first-order valence-corrected chi connectivity index (χ1v) is 9.30. The van der Waals surface area contributed by atoms with Crippen LogP contribution in [0, 0.1) is 17.1 Å². The molecular weight excluding hydrogens is 363 g/mol. The molecule has 3 rings (SSSR count). The number of nitrogens with two attached hydrogens (primary N) is 2. The van der Waals surface area contributed by atoms with Crippen LogP contribution in [0.1, 0.15) is 24.4 Å². The zero-order chi connectivity index (χ0) is 19.6. The molecule has 1 aromatic carbocycles. The maximum absolute atomic E-state index is 13.0. The summed E-state index contributed by atoms with van der Waals surface area (Å²) < 4.78 is 13.0. The monoisotopic (exact) mass is 384 g/mol. The lowest BCUT2D eigenvalue weighted by atomic mass is 10.1. The minimum atomic E-state index is -0.270. The van der Waals surface area contributed by atoms with Crippen LogP contribution >= 0.6 is 11.3 Å². The molecule has 27 heavy (non-hydrogen) atoms. The summed E-state index contributed by atoms with van der Waals surface area (Å²) in [5.41, 5.74) is 15.6. The SMILES string of the molecule is CC(=C(/N)C#N)/C(C)=C(\N)N1CCc2nc(Nc3ccc(F)cc3)sc2C1. The number of nitriles is 1. The lowest BCUT2D eigenvalue weighted by Gasteiger charge is -2.29. The fourth-order valence-corrected chi connectivity index (χ4v) is 3.87. The molecule has 2 heterocycles. The number of rotatable bonds is 4. The molecule has 0 saturated heterocycles. The lowest BCUT2D eigenvalue weighted by Crippen LogP contribution is -2.34. The maximum atomic E-state index is 13.0. The van der Waals surface area contributed by atoms with E-state index in [2.05, 4.69) is 15.2 Å². The molecule has 1 aromatic heterocycles. The number of hydrogen-bond acceptors (Lipinski definition) is 7. The highest BCUT2D eigenvalue weighted by molar-refractivity contribution is 7.15. The van der Waals surface area contributed by atoms with Gasteiger partial charge in [-0.15, -0.1) is 0 Å². The van der Waals surface area contributed by atoms with Gasteiger partial charge >= 0.3 is 0 Å². The number of aromatic nitrogens is 1. The van der Waals surface area contributed by atoms with E-state index in [9.17, 15) is 4.39 Å². The number of fused-ring (bicyclic) bond motifs is 1. The molecule has 8 heteroatoms. The van der Waals surface area contributed by atoms with E-state index in [1.165, 1.54) is 12.1 Å². The second-order valence-corrected chi connectivity index (χ2v) is 7.44. The van der Waals surface area contributed by atoms with Crippen molar-refractivity contribution in [3.63, 3.8) is 0 Å². The Morgan fingerprint density at radius 3 is 2.63 bits per heavy atom. The van der Waals surface area contributed by atoms with Gasteiger partial charge in [-0.3, -0.25) is 0 Å². The molecule has 0 amide bonds. The zero-order valence-electron chi connectivity index (χ0n) is 15.2. The molecule has 0 saturated carbocycles. The Morgan fingerprint density at radius 1 is 1.26 bits per heavy atom. The smallest absolute Gasteiger partial charge is 0.187 e. The number of allylic oxidation sites excluding steroid dienone is 3. The quantitative estimate of drug-likeness (QED) is 0.552. The second-order valence-electron chi connectivity index (χ2n) is 6.35. The average molecular weight is 384 g/mol. The molecule has 0 spiro atoms. The highest BCUT2D eigenvalue weighted by atomic mass is 32.1. The van der Waals surface area contributed by atoms with Gasteiger partial charge in [-0.2, -0.15) is 5.26 Å². The van der Waals surface area contributed by atoms with E-state index < -0.39 is 0 Å². The van der Waals surface area contributed by atoms with Crippen molar-refractivity contribution in [2.45, 2.75) is 26.8 Å². The van der Waals surface area contributed by atoms with Crippen LogP contribution in [-0.2, 0) is 13.0 Å². The number of thiazole rings is 1. The Bertz CT molecular complexity index is 952. The van der Waals surface area contributed by atoms with Crippen molar-refractivity contribution in [2.24, 2.45) is 11.5 Å². The van der Waals surface area contributed by atoms with Gasteiger partial charge in [0.25, 0.3) is 0 Å². The summed E-state index contributed by atoms with van der Waals surface area (Å²) in [6, 6.07) is 8.14. The highest BCUT2D eigenvalue weighted by Crippen LogP contribution is 2.31. The van der Waals surface area contributed by atoms with Gasteiger partial charge in [-0.25, -0.2) is 9.37 Å². The number of anilines is 2. The molecule has 5 N–H and O–H groups in total. The lowest BCUT2D eigenvalue weighted by molar-refractivity contribution is 0.317. The van der Waals surface area contributed by atoms with Gasteiger partial charge in [-0.1, -0.05) is 11.3 Å². The molecule has 140 valence electrons. The molecule has 0 aliphatic carbocycles. The van der Waals surface area contributed by atoms with Crippen molar-refractivity contribution in [1.82, 2.24) is 9.88 Å². The number of benzene rings is 1. The fourth-order valence-electron chi connectivity index (χ4n) is 2.83. The summed E-state index contributed by atoms with van der Waals surface area (Å²) in [5.74, 6) is 0.353. The number of halogens is 1. The van der Waals surface area contributed by atoms with Gasteiger partial charge in [0.05, 0.1) is 12.2 Å². The second kappa shape index (κ2) is 7.68. The summed E-state index contributed by atoms with van der Waals surface area (Å²) in [6.07, 6.45) is 0.779. The first-order valence-electron chi connectivity index (χ1n) is 8.48. The Morgan fingerprint density at radius 2 is 1.96 bits per heavy atom. The van der Waals surface area contributed by atoms with Gasteiger partial charge in [0.2, 0.25) is 0 Å². The standard InChI is InChI=1S/C19H21FN6S/c1-11(15(22)9-21)12(2)18(23)26-8-7-16-17(10-26)27-19(25-16)24-14-5-3-13(20)4-6-14/h3-6H,7-8,10,22-23H2,1-2H3,(H,24,25)/b15-11-,18-12+. The fraction of sp³-hybridized carbons (Fsp3) is 0.263.